The zero-order valence-electron chi connectivity index (χ0n) is 18.0. The maximum Gasteiger partial charge on any atom is 0.243 e. The number of aryl methyl sites for hydroxylation is 2. The largest absolute Gasteiger partial charge is 0.324 e. The van der Waals surface area contributed by atoms with Gasteiger partial charge < -0.3 is 5.32 Å². The fraction of sp³-hybridized carbons (Fsp3) is 0.174. The number of rotatable bonds is 6. The average molecular weight is 450 g/mol. The highest BCUT2D eigenvalue weighted by Gasteiger charge is 2.23. The van der Waals surface area contributed by atoms with Gasteiger partial charge in [0.15, 0.2) is 0 Å². The highest BCUT2D eigenvalue weighted by Crippen LogP contribution is 2.19. The number of para-hydroxylation sites is 2. The van der Waals surface area contributed by atoms with Crippen molar-refractivity contribution in [2.24, 2.45) is 0 Å². The van der Waals surface area contributed by atoms with Crippen molar-refractivity contribution >= 4 is 32.7 Å². The van der Waals surface area contributed by atoms with E-state index in [1.165, 1.54) is 13.2 Å². The van der Waals surface area contributed by atoms with E-state index in [2.05, 4.69) is 15.3 Å². The molecule has 8 nitrogen and oxygen atoms in total. The Morgan fingerprint density at radius 2 is 1.81 bits per heavy atom. The molecule has 0 unspecified atom stereocenters. The predicted octanol–water partition coefficient (Wildman–Crippen LogP) is 3.30. The lowest BCUT2D eigenvalue weighted by Gasteiger charge is -2.17. The van der Waals surface area contributed by atoms with Gasteiger partial charge in [0.2, 0.25) is 15.9 Å². The monoisotopic (exact) mass is 449 g/mol. The number of nitrogens with one attached hydrogen (secondary N) is 1. The van der Waals surface area contributed by atoms with Crippen molar-refractivity contribution in [3.63, 3.8) is 0 Å². The summed E-state index contributed by atoms with van der Waals surface area (Å²) in [7, 11) is -2.39. The molecule has 0 bridgehead atoms. The highest BCUT2D eigenvalue weighted by molar-refractivity contribution is 7.89. The number of anilines is 1. The third-order valence-corrected chi connectivity index (χ3v) is 7.08. The molecular formula is C23H23N5O3S. The van der Waals surface area contributed by atoms with E-state index in [9.17, 15) is 13.2 Å². The van der Waals surface area contributed by atoms with Gasteiger partial charge in [0.1, 0.15) is 12.1 Å². The van der Waals surface area contributed by atoms with Crippen LogP contribution in [0.25, 0.3) is 16.9 Å². The summed E-state index contributed by atoms with van der Waals surface area (Å²) in [6.07, 6.45) is 3.22. The van der Waals surface area contributed by atoms with Crippen LogP contribution in [0.1, 0.15) is 11.1 Å². The topological polar surface area (TPSA) is 97.2 Å². The second-order valence-electron chi connectivity index (χ2n) is 7.56. The molecule has 0 atom stereocenters. The smallest absolute Gasteiger partial charge is 0.243 e. The Kier molecular flexibility index (Phi) is 5.77. The number of nitrogens with zero attached hydrogens (tertiary/aromatic N) is 4. The molecule has 164 valence electrons. The molecule has 0 aliphatic rings. The summed E-state index contributed by atoms with van der Waals surface area (Å²) in [6, 6.07) is 16.1. The zero-order valence-corrected chi connectivity index (χ0v) is 18.8. The summed E-state index contributed by atoms with van der Waals surface area (Å²) >= 11 is 0. The zero-order chi connectivity index (χ0) is 22.9. The van der Waals surface area contributed by atoms with Crippen LogP contribution in [0, 0.1) is 13.8 Å². The van der Waals surface area contributed by atoms with Crippen LogP contribution in [0.5, 0.6) is 0 Å². The van der Waals surface area contributed by atoms with Gasteiger partial charge in [-0.3, -0.25) is 9.36 Å². The Bertz CT molecular complexity index is 1390. The minimum Gasteiger partial charge on any atom is -0.324 e. The maximum atomic E-state index is 12.8. The molecule has 2 aromatic carbocycles. The second-order valence-corrected chi connectivity index (χ2v) is 9.61. The van der Waals surface area contributed by atoms with Gasteiger partial charge in [0, 0.05) is 7.05 Å². The average Bonchev–Trinajstić information content (AvgIpc) is 3.20. The Balaban J connectivity index is 1.44. The van der Waals surface area contributed by atoms with Gasteiger partial charge in [-0.2, -0.15) is 4.31 Å². The van der Waals surface area contributed by atoms with E-state index < -0.39 is 15.9 Å². The Morgan fingerprint density at radius 1 is 1.03 bits per heavy atom. The van der Waals surface area contributed by atoms with Crippen LogP contribution in [-0.2, 0) is 14.8 Å². The van der Waals surface area contributed by atoms with Crippen LogP contribution >= 0.6 is 0 Å². The molecular weight excluding hydrogens is 426 g/mol. The van der Waals surface area contributed by atoms with E-state index in [-0.39, 0.29) is 11.4 Å². The number of likely N-dealkylation sites (N-methyl/N-ethyl adjacent to an activating group) is 1. The lowest BCUT2D eigenvalue weighted by molar-refractivity contribution is -0.116. The molecule has 0 aliphatic heterocycles. The van der Waals surface area contributed by atoms with Gasteiger partial charge in [0.25, 0.3) is 0 Å². The number of hydrogen-bond donors (Lipinski definition) is 1. The first-order valence-electron chi connectivity index (χ1n) is 9.97. The molecule has 0 saturated carbocycles. The lowest BCUT2D eigenvalue weighted by Crippen LogP contribution is -2.35. The first kappa shape index (κ1) is 21.7. The Morgan fingerprint density at radius 3 is 2.53 bits per heavy atom. The van der Waals surface area contributed by atoms with Gasteiger partial charge in [-0.1, -0.05) is 18.2 Å². The summed E-state index contributed by atoms with van der Waals surface area (Å²) in [4.78, 5) is 21.4. The van der Waals surface area contributed by atoms with Crippen LogP contribution in [0.4, 0.5) is 5.69 Å². The number of carbonyl (C=O) groups excluding carboxylic acids is 1. The molecule has 1 N–H and O–H groups in total. The van der Waals surface area contributed by atoms with Crippen molar-refractivity contribution in [3.05, 3.63) is 78.2 Å². The fourth-order valence-electron chi connectivity index (χ4n) is 3.29. The number of hydrogen-bond acceptors (Lipinski definition) is 5. The van der Waals surface area contributed by atoms with E-state index in [1.54, 1.807) is 36.7 Å². The van der Waals surface area contributed by atoms with E-state index in [0.29, 0.717) is 11.5 Å². The number of fused-ring (bicyclic) bond motifs is 1. The summed E-state index contributed by atoms with van der Waals surface area (Å²) < 4.78 is 28.5. The molecule has 32 heavy (non-hydrogen) atoms. The van der Waals surface area contributed by atoms with Crippen molar-refractivity contribution in [3.8, 4) is 5.82 Å². The maximum absolute atomic E-state index is 12.8. The van der Waals surface area contributed by atoms with E-state index >= 15 is 0 Å². The fourth-order valence-corrected chi connectivity index (χ4v) is 4.50. The van der Waals surface area contributed by atoms with Crippen molar-refractivity contribution in [1.29, 1.82) is 0 Å². The summed E-state index contributed by atoms with van der Waals surface area (Å²) in [5.74, 6) is 0.202. The molecule has 2 aromatic heterocycles. The van der Waals surface area contributed by atoms with Gasteiger partial charge >= 0.3 is 0 Å². The third kappa shape index (κ3) is 4.25. The molecule has 0 saturated heterocycles. The number of amides is 1. The van der Waals surface area contributed by atoms with Gasteiger partial charge in [-0.25, -0.2) is 18.4 Å². The molecule has 2 heterocycles. The van der Waals surface area contributed by atoms with Crippen LogP contribution in [0.3, 0.4) is 0 Å². The number of pyridine rings is 1. The minimum absolute atomic E-state index is 0.162. The second kappa shape index (κ2) is 8.52. The van der Waals surface area contributed by atoms with Crippen molar-refractivity contribution in [2.45, 2.75) is 18.7 Å². The van der Waals surface area contributed by atoms with Crippen LogP contribution in [-0.4, -0.2) is 46.8 Å². The van der Waals surface area contributed by atoms with E-state index in [0.717, 1.165) is 26.5 Å². The summed E-state index contributed by atoms with van der Waals surface area (Å²) in [5.41, 5.74) is 4.14. The van der Waals surface area contributed by atoms with E-state index in [1.807, 2.05) is 42.7 Å². The van der Waals surface area contributed by atoms with Crippen molar-refractivity contribution in [2.75, 3.05) is 18.9 Å². The third-order valence-electron chi connectivity index (χ3n) is 5.28. The Hall–Kier alpha value is -3.56. The molecule has 0 fully saturated rings. The SMILES string of the molecule is Cc1ccc(S(=O)(=O)N(C)CC(=O)Nc2ccc(-n3cnc4ccccc43)nc2)cc1C. The number of imidazole rings is 1. The van der Waals surface area contributed by atoms with Crippen LogP contribution < -0.4 is 5.32 Å². The van der Waals surface area contributed by atoms with Crippen LogP contribution in [0.15, 0.2) is 72.0 Å². The predicted molar refractivity (Wildman–Crippen MR) is 123 cm³/mol. The van der Waals surface area contributed by atoms with Crippen molar-refractivity contribution in [1.82, 2.24) is 18.8 Å². The van der Waals surface area contributed by atoms with Gasteiger partial charge in [0.05, 0.1) is 34.4 Å². The first-order valence-corrected chi connectivity index (χ1v) is 11.4. The number of carbonyl (C=O) groups is 1. The van der Waals surface area contributed by atoms with Crippen molar-refractivity contribution < 1.29 is 13.2 Å². The number of aromatic nitrogens is 3. The first-order chi connectivity index (χ1) is 15.3. The number of sulfonamides is 1. The van der Waals surface area contributed by atoms with E-state index in [4.69, 9.17) is 0 Å². The lowest BCUT2D eigenvalue weighted by atomic mass is 10.1. The molecule has 0 aliphatic carbocycles. The van der Waals surface area contributed by atoms with Gasteiger partial charge in [-0.15, -0.1) is 0 Å². The molecule has 4 rings (SSSR count). The quantitative estimate of drug-likeness (QED) is 0.487. The van der Waals surface area contributed by atoms with Gasteiger partial charge in [-0.05, 0) is 61.4 Å². The normalized spacial score (nSPS) is 11.8. The standard InChI is InChI=1S/C23H23N5O3S/c1-16-8-10-19(12-17(16)2)32(30,31)27(3)14-23(29)26-18-9-11-22(24-13-18)28-15-25-20-6-4-5-7-21(20)28/h4-13,15H,14H2,1-3H3,(H,26,29). The summed E-state index contributed by atoms with van der Waals surface area (Å²) in [5, 5.41) is 2.69. The Labute approximate surface area is 186 Å². The molecule has 9 heteroatoms. The molecule has 0 radical (unpaired) electrons. The molecule has 0 spiro atoms. The molecule has 1 amide bonds. The summed E-state index contributed by atoms with van der Waals surface area (Å²) in [6.45, 7) is 3.45. The number of benzene rings is 2. The molecule has 4 aromatic rings. The van der Waals surface area contributed by atoms with Crippen LogP contribution in [0.2, 0.25) is 0 Å². The minimum atomic E-state index is -3.78. The highest BCUT2D eigenvalue weighted by atomic mass is 32.2.